The molecule has 1 saturated carbocycles. The quantitative estimate of drug-likeness (QED) is 0.909. The number of hydrogen-bond donors (Lipinski definition) is 1. The molecule has 3 unspecified atom stereocenters. The molecule has 1 N–H and O–H groups in total. The van der Waals surface area contributed by atoms with Crippen molar-refractivity contribution in [3.05, 3.63) is 15.6 Å². The zero-order valence-electron chi connectivity index (χ0n) is 11.4. The maximum Gasteiger partial charge on any atom is 0.0900 e. The van der Waals surface area contributed by atoms with Gasteiger partial charge in [0.2, 0.25) is 0 Å². The highest BCUT2D eigenvalue weighted by molar-refractivity contribution is 7.11. The molecule has 4 heteroatoms. The van der Waals surface area contributed by atoms with Crippen LogP contribution in [0.25, 0.3) is 0 Å². The summed E-state index contributed by atoms with van der Waals surface area (Å²) >= 11 is 1.79. The van der Waals surface area contributed by atoms with E-state index in [2.05, 4.69) is 31.1 Å². The largest absolute Gasteiger partial charge is 0.376 e. The van der Waals surface area contributed by atoms with E-state index >= 15 is 0 Å². The van der Waals surface area contributed by atoms with Crippen LogP contribution in [-0.2, 0) is 4.74 Å². The van der Waals surface area contributed by atoms with E-state index in [-0.39, 0.29) is 0 Å². The van der Waals surface area contributed by atoms with E-state index in [9.17, 15) is 0 Å². The Kier molecular flexibility index (Phi) is 3.43. The normalized spacial score (nSPS) is 29.7. The lowest BCUT2D eigenvalue weighted by Gasteiger charge is -2.23. The van der Waals surface area contributed by atoms with Crippen molar-refractivity contribution < 1.29 is 4.74 Å². The Morgan fingerprint density at radius 1 is 1.33 bits per heavy atom. The van der Waals surface area contributed by atoms with Crippen molar-refractivity contribution in [2.24, 2.45) is 5.92 Å². The van der Waals surface area contributed by atoms with Crippen LogP contribution >= 0.6 is 11.3 Å². The molecule has 3 rings (SSSR count). The minimum absolute atomic E-state index is 0.336. The number of nitrogens with one attached hydrogen (secondary N) is 1. The Morgan fingerprint density at radius 2 is 2.11 bits per heavy atom. The Balaban J connectivity index is 1.66. The molecule has 3 nitrogen and oxygen atoms in total. The molecule has 18 heavy (non-hydrogen) atoms. The van der Waals surface area contributed by atoms with Crippen LogP contribution in [0.2, 0.25) is 0 Å². The van der Waals surface area contributed by atoms with E-state index in [0.29, 0.717) is 18.2 Å². The summed E-state index contributed by atoms with van der Waals surface area (Å²) in [6, 6.07) is 0.858. The number of aromatic nitrogens is 1. The second-order valence-electron chi connectivity index (χ2n) is 5.63. The fourth-order valence-corrected chi connectivity index (χ4v) is 3.94. The minimum Gasteiger partial charge on any atom is -0.376 e. The number of ether oxygens (including phenoxy) is 1. The standard InChI is InChI=1S/C14H22N2OS/c1-8(13-9(2)18-10(3)16-13)15-12-6-7-17-14(12)11-4-5-11/h8,11-12,14-15H,4-7H2,1-3H3. The maximum absolute atomic E-state index is 5.88. The second kappa shape index (κ2) is 4.91. The highest BCUT2D eigenvalue weighted by Gasteiger charge is 2.41. The third kappa shape index (κ3) is 2.46. The fraction of sp³-hybridized carbons (Fsp3) is 0.786. The van der Waals surface area contributed by atoms with Crippen LogP contribution in [0, 0.1) is 19.8 Å². The number of thiazole rings is 1. The highest BCUT2D eigenvalue weighted by atomic mass is 32.1. The molecule has 2 heterocycles. The van der Waals surface area contributed by atoms with Crippen molar-refractivity contribution in [1.29, 1.82) is 0 Å². The molecule has 1 aromatic heterocycles. The minimum atomic E-state index is 0.336. The van der Waals surface area contributed by atoms with Gasteiger partial charge in [-0.3, -0.25) is 0 Å². The van der Waals surface area contributed by atoms with Gasteiger partial charge in [-0.1, -0.05) is 0 Å². The summed E-state index contributed by atoms with van der Waals surface area (Å²) in [5, 5.41) is 4.90. The Morgan fingerprint density at radius 3 is 2.72 bits per heavy atom. The first-order valence-electron chi connectivity index (χ1n) is 6.96. The molecule has 0 radical (unpaired) electrons. The smallest absolute Gasteiger partial charge is 0.0900 e. The molecular formula is C14H22N2OS. The maximum atomic E-state index is 5.88. The summed E-state index contributed by atoms with van der Waals surface area (Å²) in [4.78, 5) is 5.99. The predicted molar refractivity (Wildman–Crippen MR) is 74.0 cm³/mol. The molecule has 1 aliphatic carbocycles. The van der Waals surface area contributed by atoms with Gasteiger partial charge in [-0.25, -0.2) is 4.98 Å². The van der Waals surface area contributed by atoms with E-state index in [1.807, 2.05) is 0 Å². The number of rotatable bonds is 4. The molecule has 1 aromatic rings. The molecule has 2 aliphatic rings. The lowest BCUT2D eigenvalue weighted by atomic mass is 10.0. The molecule has 2 fully saturated rings. The predicted octanol–water partition coefficient (Wildman–Crippen LogP) is 2.98. The fourth-order valence-electron chi connectivity index (χ4n) is 3.03. The first-order chi connectivity index (χ1) is 8.65. The van der Waals surface area contributed by atoms with Gasteiger partial charge in [-0.2, -0.15) is 0 Å². The van der Waals surface area contributed by atoms with Crippen molar-refractivity contribution in [3.8, 4) is 0 Å². The molecule has 0 amide bonds. The second-order valence-corrected chi connectivity index (χ2v) is 7.04. The van der Waals surface area contributed by atoms with Crippen molar-refractivity contribution in [2.75, 3.05) is 6.61 Å². The molecule has 0 spiro atoms. The van der Waals surface area contributed by atoms with Gasteiger partial charge in [0, 0.05) is 23.6 Å². The summed E-state index contributed by atoms with van der Waals surface area (Å²) in [6.07, 6.45) is 4.30. The Bertz CT molecular complexity index is 427. The zero-order chi connectivity index (χ0) is 12.7. The van der Waals surface area contributed by atoms with Gasteiger partial charge < -0.3 is 10.1 Å². The van der Waals surface area contributed by atoms with Crippen molar-refractivity contribution in [2.45, 2.75) is 58.2 Å². The number of hydrogen-bond acceptors (Lipinski definition) is 4. The van der Waals surface area contributed by atoms with E-state index in [1.54, 1.807) is 11.3 Å². The first kappa shape index (κ1) is 12.6. The monoisotopic (exact) mass is 266 g/mol. The van der Waals surface area contributed by atoms with E-state index < -0.39 is 0 Å². The van der Waals surface area contributed by atoms with Crippen LogP contribution in [0.4, 0.5) is 0 Å². The highest BCUT2D eigenvalue weighted by Crippen LogP contribution is 2.39. The van der Waals surface area contributed by atoms with Gasteiger partial charge in [0.1, 0.15) is 0 Å². The van der Waals surface area contributed by atoms with Crippen molar-refractivity contribution >= 4 is 11.3 Å². The topological polar surface area (TPSA) is 34.2 Å². The van der Waals surface area contributed by atoms with Crippen molar-refractivity contribution in [1.82, 2.24) is 10.3 Å². The van der Waals surface area contributed by atoms with E-state index in [4.69, 9.17) is 4.74 Å². The van der Waals surface area contributed by atoms with Crippen molar-refractivity contribution in [3.63, 3.8) is 0 Å². The van der Waals surface area contributed by atoms with Gasteiger partial charge in [0.05, 0.1) is 16.8 Å². The van der Waals surface area contributed by atoms with Crippen LogP contribution in [0.3, 0.4) is 0 Å². The summed E-state index contributed by atoms with van der Waals surface area (Å²) in [6.45, 7) is 7.39. The Hall–Kier alpha value is -0.450. The molecular weight excluding hydrogens is 244 g/mol. The summed E-state index contributed by atoms with van der Waals surface area (Å²) in [5.41, 5.74) is 1.22. The lowest BCUT2D eigenvalue weighted by Crippen LogP contribution is -2.39. The first-order valence-corrected chi connectivity index (χ1v) is 7.78. The van der Waals surface area contributed by atoms with Crippen LogP contribution in [-0.4, -0.2) is 23.7 Å². The molecule has 0 bridgehead atoms. The third-order valence-electron chi connectivity index (χ3n) is 4.04. The van der Waals surface area contributed by atoms with Gasteiger partial charge in [0.15, 0.2) is 0 Å². The van der Waals surface area contributed by atoms with Gasteiger partial charge in [-0.05, 0) is 46.0 Å². The van der Waals surface area contributed by atoms with Gasteiger partial charge >= 0.3 is 0 Å². The number of nitrogens with zero attached hydrogens (tertiary/aromatic N) is 1. The van der Waals surface area contributed by atoms with Crippen LogP contribution in [0.5, 0.6) is 0 Å². The molecule has 3 atom stereocenters. The molecule has 1 saturated heterocycles. The van der Waals surface area contributed by atoms with Crippen LogP contribution in [0.15, 0.2) is 0 Å². The van der Waals surface area contributed by atoms with E-state index in [1.165, 1.54) is 23.4 Å². The van der Waals surface area contributed by atoms with Gasteiger partial charge in [-0.15, -0.1) is 11.3 Å². The summed E-state index contributed by atoms with van der Waals surface area (Å²) < 4.78 is 5.88. The van der Waals surface area contributed by atoms with Crippen LogP contribution < -0.4 is 5.32 Å². The van der Waals surface area contributed by atoms with E-state index in [0.717, 1.165) is 24.0 Å². The average Bonchev–Trinajstić information content (AvgIpc) is 2.97. The molecule has 0 aromatic carbocycles. The summed E-state index contributed by atoms with van der Waals surface area (Å²) in [5.74, 6) is 0.815. The zero-order valence-corrected chi connectivity index (χ0v) is 12.2. The lowest BCUT2D eigenvalue weighted by molar-refractivity contribution is 0.0792. The van der Waals surface area contributed by atoms with Gasteiger partial charge in [0.25, 0.3) is 0 Å². The molecule has 100 valence electrons. The number of aryl methyl sites for hydroxylation is 2. The Labute approximate surface area is 113 Å². The third-order valence-corrected chi connectivity index (χ3v) is 4.94. The SMILES string of the molecule is Cc1nc(C(C)NC2CCOC2C2CC2)c(C)s1. The summed E-state index contributed by atoms with van der Waals surface area (Å²) in [7, 11) is 0. The molecule has 1 aliphatic heterocycles. The van der Waals surface area contributed by atoms with Crippen LogP contribution in [0.1, 0.15) is 47.8 Å². The average molecular weight is 266 g/mol.